The number of nitrogens with one attached hydrogen (secondary N) is 2. The first-order chi connectivity index (χ1) is 14.7. The second-order valence-corrected chi connectivity index (χ2v) is 7.76. The van der Waals surface area contributed by atoms with Gasteiger partial charge in [0.05, 0.1) is 11.6 Å². The molecule has 1 aliphatic carbocycles. The number of alkyl halides is 4. The van der Waals surface area contributed by atoms with Gasteiger partial charge in [0.2, 0.25) is 0 Å². The molecule has 1 amide bonds. The Morgan fingerprint density at radius 2 is 1.90 bits per heavy atom. The van der Waals surface area contributed by atoms with E-state index < -0.39 is 36.6 Å². The van der Waals surface area contributed by atoms with E-state index in [1.807, 2.05) is 0 Å². The van der Waals surface area contributed by atoms with Crippen LogP contribution in [0.2, 0.25) is 0 Å². The van der Waals surface area contributed by atoms with Gasteiger partial charge >= 0.3 is 6.61 Å². The van der Waals surface area contributed by atoms with Crippen molar-refractivity contribution in [3.8, 4) is 5.75 Å². The molecule has 1 heterocycles. The highest BCUT2D eigenvalue weighted by atomic mass is 19.3. The summed E-state index contributed by atoms with van der Waals surface area (Å²) in [5.74, 6) is -1.51. The number of aromatic nitrogens is 1. The van der Waals surface area contributed by atoms with Crippen molar-refractivity contribution in [1.29, 1.82) is 0 Å². The van der Waals surface area contributed by atoms with Gasteiger partial charge < -0.3 is 15.4 Å². The van der Waals surface area contributed by atoms with Gasteiger partial charge in [0.25, 0.3) is 12.3 Å². The third-order valence-electron chi connectivity index (χ3n) is 5.52. The maximum Gasteiger partial charge on any atom is 0.387 e. The van der Waals surface area contributed by atoms with Crippen LogP contribution in [0.4, 0.5) is 22.0 Å². The van der Waals surface area contributed by atoms with Gasteiger partial charge in [0, 0.05) is 17.6 Å². The molecule has 3 rings (SSSR count). The summed E-state index contributed by atoms with van der Waals surface area (Å²) in [5.41, 5.74) is 0.0209. The van der Waals surface area contributed by atoms with Crippen LogP contribution in [-0.2, 0) is 0 Å². The van der Waals surface area contributed by atoms with Crippen LogP contribution in [0.1, 0.15) is 43.0 Å². The number of ether oxygens (including phenoxy) is 1. The van der Waals surface area contributed by atoms with Crippen LogP contribution in [0.3, 0.4) is 0 Å². The van der Waals surface area contributed by atoms with Crippen LogP contribution in [0.15, 0.2) is 24.4 Å². The smallest absolute Gasteiger partial charge is 0.387 e. The van der Waals surface area contributed by atoms with Crippen molar-refractivity contribution < 1.29 is 31.5 Å². The summed E-state index contributed by atoms with van der Waals surface area (Å²) in [4.78, 5) is 16.8. The van der Waals surface area contributed by atoms with Crippen molar-refractivity contribution >= 4 is 16.8 Å². The minimum Gasteiger partial charge on any atom is -0.433 e. The highest BCUT2D eigenvalue weighted by Gasteiger charge is 2.26. The van der Waals surface area contributed by atoms with E-state index in [-0.39, 0.29) is 28.4 Å². The van der Waals surface area contributed by atoms with E-state index in [0.29, 0.717) is 19.4 Å². The summed E-state index contributed by atoms with van der Waals surface area (Å²) in [5, 5.41) is 5.59. The number of carbonyl (C=O) groups is 1. The lowest BCUT2D eigenvalue weighted by molar-refractivity contribution is -0.0491. The quantitative estimate of drug-likeness (QED) is 0.587. The maximum absolute atomic E-state index is 13.6. The van der Waals surface area contributed by atoms with E-state index in [1.165, 1.54) is 13.0 Å². The number of fused-ring (bicyclic) bond motifs is 1. The average Bonchev–Trinajstić information content (AvgIpc) is 2.72. The molecule has 10 heteroatoms. The normalized spacial score (nSPS) is 20.3. The van der Waals surface area contributed by atoms with Crippen molar-refractivity contribution in [2.24, 2.45) is 5.92 Å². The fraction of sp³-hybridized carbons (Fsp3) is 0.524. The molecule has 0 aliphatic heterocycles. The molecule has 170 valence electrons. The zero-order valence-corrected chi connectivity index (χ0v) is 16.9. The highest BCUT2D eigenvalue weighted by molar-refractivity contribution is 6.02. The Bertz CT molecular complexity index is 904. The maximum atomic E-state index is 13.6. The Morgan fingerprint density at radius 3 is 2.55 bits per heavy atom. The average molecular weight is 445 g/mol. The van der Waals surface area contributed by atoms with E-state index in [9.17, 15) is 26.7 Å². The molecule has 0 saturated heterocycles. The van der Waals surface area contributed by atoms with E-state index in [4.69, 9.17) is 0 Å². The van der Waals surface area contributed by atoms with Crippen molar-refractivity contribution in [2.45, 2.75) is 57.7 Å². The molecule has 0 spiro atoms. The number of nitrogens with zero attached hydrogens (tertiary/aromatic N) is 1. The largest absolute Gasteiger partial charge is 0.433 e. The molecule has 0 bridgehead atoms. The summed E-state index contributed by atoms with van der Waals surface area (Å²) in [6.07, 6.45) is 1.42. The van der Waals surface area contributed by atoms with Crippen LogP contribution in [0.25, 0.3) is 10.9 Å². The van der Waals surface area contributed by atoms with Crippen LogP contribution >= 0.6 is 0 Å². The Hall–Kier alpha value is -2.49. The standard InChI is InChI=1S/C21H24F5N3O2/c1-11(19(23)24)27-9-12-2-5-14(6-3-12)29-20(30)16-10-28-17-7-4-13(22)8-15(17)18(16)31-21(25)26/h4,7-8,10-12,14,19,21,27H,2-3,5-6,9H2,1H3,(H,29,30)/t11-,12?,14?/m1/s1. The van der Waals surface area contributed by atoms with Crippen LogP contribution in [-0.4, -0.2) is 42.6 Å². The van der Waals surface area contributed by atoms with Gasteiger partial charge in [0.15, 0.2) is 0 Å². The lowest BCUT2D eigenvalue weighted by atomic mass is 9.85. The van der Waals surface area contributed by atoms with Gasteiger partial charge in [-0.05, 0) is 63.3 Å². The first kappa shape index (κ1) is 23.2. The molecule has 2 N–H and O–H groups in total. The summed E-state index contributed by atoms with van der Waals surface area (Å²) in [6.45, 7) is -1.29. The third-order valence-corrected chi connectivity index (χ3v) is 5.52. The number of halogens is 5. The van der Waals surface area contributed by atoms with E-state index in [0.717, 1.165) is 31.2 Å². The number of amides is 1. The molecule has 1 aromatic carbocycles. The SMILES string of the molecule is C[C@@H](NCC1CCC(NC(=O)c2cnc3ccc(F)cc3c2OC(F)F)CC1)C(F)F. The second-order valence-electron chi connectivity index (χ2n) is 7.76. The molecule has 1 saturated carbocycles. The topological polar surface area (TPSA) is 63.2 Å². The summed E-state index contributed by atoms with van der Waals surface area (Å²) >= 11 is 0. The number of carbonyl (C=O) groups excluding carboxylic acids is 1. The van der Waals surface area contributed by atoms with E-state index >= 15 is 0 Å². The number of pyridine rings is 1. The van der Waals surface area contributed by atoms with Crippen LogP contribution in [0, 0.1) is 11.7 Å². The Morgan fingerprint density at radius 1 is 1.19 bits per heavy atom. The van der Waals surface area contributed by atoms with Crippen molar-refractivity contribution in [2.75, 3.05) is 6.54 Å². The lowest BCUT2D eigenvalue weighted by Gasteiger charge is -2.30. The summed E-state index contributed by atoms with van der Waals surface area (Å²) < 4.78 is 69.3. The molecule has 5 nitrogen and oxygen atoms in total. The Balaban J connectivity index is 1.66. The molecule has 1 atom stereocenters. The first-order valence-corrected chi connectivity index (χ1v) is 10.1. The highest BCUT2D eigenvalue weighted by Crippen LogP contribution is 2.31. The first-order valence-electron chi connectivity index (χ1n) is 10.1. The molecule has 0 radical (unpaired) electrons. The fourth-order valence-corrected chi connectivity index (χ4v) is 3.73. The zero-order chi connectivity index (χ0) is 22.5. The number of hydrogen-bond acceptors (Lipinski definition) is 4. The summed E-state index contributed by atoms with van der Waals surface area (Å²) in [7, 11) is 0. The molecule has 1 aliphatic rings. The predicted molar refractivity (Wildman–Crippen MR) is 105 cm³/mol. The van der Waals surface area contributed by atoms with E-state index in [1.54, 1.807) is 0 Å². The van der Waals surface area contributed by atoms with Crippen molar-refractivity contribution in [1.82, 2.24) is 15.6 Å². The number of rotatable bonds is 8. The predicted octanol–water partition coefficient (Wildman–Crippen LogP) is 4.51. The second kappa shape index (κ2) is 10.2. The molecule has 1 aromatic heterocycles. The van der Waals surface area contributed by atoms with Crippen LogP contribution < -0.4 is 15.4 Å². The molecular weight excluding hydrogens is 421 g/mol. The van der Waals surface area contributed by atoms with Crippen molar-refractivity contribution in [3.63, 3.8) is 0 Å². The lowest BCUT2D eigenvalue weighted by Crippen LogP contribution is -2.41. The molecule has 31 heavy (non-hydrogen) atoms. The minimum atomic E-state index is -3.20. The molecule has 1 fully saturated rings. The zero-order valence-electron chi connectivity index (χ0n) is 16.9. The fourth-order valence-electron chi connectivity index (χ4n) is 3.73. The van der Waals surface area contributed by atoms with Crippen molar-refractivity contribution in [3.05, 3.63) is 35.8 Å². The molecule has 2 aromatic rings. The van der Waals surface area contributed by atoms with Gasteiger partial charge in [-0.3, -0.25) is 9.78 Å². The van der Waals surface area contributed by atoms with E-state index in [2.05, 4.69) is 20.4 Å². The third kappa shape index (κ3) is 6.03. The van der Waals surface area contributed by atoms with Gasteiger partial charge in [-0.1, -0.05) is 0 Å². The van der Waals surface area contributed by atoms with Gasteiger partial charge in [-0.2, -0.15) is 8.78 Å². The summed E-state index contributed by atoms with van der Waals surface area (Å²) in [6, 6.07) is 2.37. The van der Waals surface area contributed by atoms with Gasteiger partial charge in [-0.15, -0.1) is 0 Å². The number of hydrogen-bond donors (Lipinski definition) is 2. The Kier molecular flexibility index (Phi) is 7.64. The van der Waals surface area contributed by atoms with Crippen LogP contribution in [0.5, 0.6) is 5.75 Å². The molecular formula is C21H24F5N3O2. The van der Waals surface area contributed by atoms with Gasteiger partial charge in [-0.25, -0.2) is 13.2 Å². The number of benzene rings is 1. The molecule has 0 unspecified atom stereocenters. The minimum absolute atomic E-state index is 0.0177. The van der Waals surface area contributed by atoms with Gasteiger partial charge in [0.1, 0.15) is 17.1 Å². The monoisotopic (exact) mass is 445 g/mol. The Labute approximate surface area is 176 Å².